The van der Waals surface area contributed by atoms with Gasteiger partial charge >= 0.3 is 0 Å². The summed E-state index contributed by atoms with van der Waals surface area (Å²) in [5.74, 6) is 0.640. The van der Waals surface area contributed by atoms with E-state index < -0.39 is 6.10 Å². The molecule has 0 heterocycles. The molecule has 85 valence electrons. The number of aliphatic hydroxyl groups excluding tert-OH is 1. The van der Waals surface area contributed by atoms with E-state index in [1.807, 2.05) is 60.7 Å². The van der Waals surface area contributed by atoms with Gasteiger partial charge in [-0.1, -0.05) is 60.7 Å². The van der Waals surface area contributed by atoms with Crippen molar-refractivity contribution in [2.24, 2.45) is 0 Å². The molecule has 0 aliphatic carbocycles. The van der Waals surface area contributed by atoms with Crippen LogP contribution in [0.4, 0.5) is 0 Å². The summed E-state index contributed by atoms with van der Waals surface area (Å²) in [4.78, 5) is 10.8. The van der Waals surface area contributed by atoms with E-state index in [1.165, 1.54) is 0 Å². The van der Waals surface area contributed by atoms with Crippen molar-refractivity contribution in [3.05, 3.63) is 77.7 Å². The minimum Gasteiger partial charge on any atom is -0.384 e. The Balaban J connectivity index is 2.43. The standard InChI is InChI=1S/C15H13O2/c16-11-14(17)15(12-7-3-1-4-8-12)13-9-5-2-6-10-13/h1-11,14,17H. The first-order valence-corrected chi connectivity index (χ1v) is 5.44. The highest BCUT2D eigenvalue weighted by Crippen LogP contribution is 2.25. The molecule has 0 spiro atoms. The van der Waals surface area contributed by atoms with Crippen LogP contribution in [0, 0.1) is 5.92 Å². The maximum absolute atomic E-state index is 10.8. The van der Waals surface area contributed by atoms with Crippen molar-refractivity contribution in [2.75, 3.05) is 0 Å². The SMILES string of the molecule is O=CC(O)[C](c1ccccc1)c1ccccc1. The molecule has 2 heteroatoms. The number of carbonyl (C=O) groups is 1. The fraction of sp³-hybridized carbons (Fsp3) is 0.0667. The van der Waals surface area contributed by atoms with Gasteiger partial charge in [-0.05, 0) is 11.1 Å². The Hall–Kier alpha value is -1.93. The highest BCUT2D eigenvalue weighted by molar-refractivity contribution is 5.67. The van der Waals surface area contributed by atoms with Gasteiger partial charge in [0, 0.05) is 0 Å². The van der Waals surface area contributed by atoms with Crippen LogP contribution in [0.1, 0.15) is 11.1 Å². The Bertz CT molecular complexity index is 425. The van der Waals surface area contributed by atoms with Crippen LogP contribution in [0.5, 0.6) is 0 Å². The molecule has 0 amide bonds. The number of hydrogen-bond acceptors (Lipinski definition) is 2. The Morgan fingerprint density at radius 3 is 1.65 bits per heavy atom. The number of hydrogen-bond donors (Lipinski definition) is 1. The number of rotatable bonds is 4. The summed E-state index contributed by atoms with van der Waals surface area (Å²) in [6, 6.07) is 18.9. The molecule has 2 rings (SSSR count). The second kappa shape index (κ2) is 5.41. The summed E-state index contributed by atoms with van der Waals surface area (Å²) < 4.78 is 0. The lowest BCUT2D eigenvalue weighted by molar-refractivity contribution is -0.113. The minimum absolute atomic E-state index is 0.551. The van der Waals surface area contributed by atoms with Crippen LogP contribution < -0.4 is 0 Å². The van der Waals surface area contributed by atoms with Gasteiger partial charge in [-0.15, -0.1) is 0 Å². The molecule has 0 aliphatic heterocycles. The van der Waals surface area contributed by atoms with E-state index in [4.69, 9.17) is 0 Å². The number of aldehydes is 1. The largest absolute Gasteiger partial charge is 0.384 e. The van der Waals surface area contributed by atoms with Gasteiger partial charge in [0.15, 0.2) is 0 Å². The normalized spacial score (nSPS) is 12.4. The topological polar surface area (TPSA) is 37.3 Å². The van der Waals surface area contributed by atoms with Crippen LogP contribution in [0.15, 0.2) is 60.7 Å². The van der Waals surface area contributed by atoms with Crippen LogP contribution in [-0.4, -0.2) is 17.5 Å². The average Bonchev–Trinajstić information content (AvgIpc) is 2.41. The first-order valence-electron chi connectivity index (χ1n) is 5.44. The van der Waals surface area contributed by atoms with Crippen LogP contribution in [0.25, 0.3) is 0 Å². The molecule has 1 atom stereocenters. The Morgan fingerprint density at radius 1 is 0.882 bits per heavy atom. The maximum atomic E-state index is 10.8. The molecule has 0 saturated heterocycles. The molecule has 0 aliphatic rings. The van der Waals surface area contributed by atoms with Crippen molar-refractivity contribution < 1.29 is 9.90 Å². The van der Waals surface area contributed by atoms with E-state index in [-0.39, 0.29) is 0 Å². The second-order valence-corrected chi connectivity index (χ2v) is 3.73. The van der Waals surface area contributed by atoms with E-state index in [0.717, 1.165) is 11.1 Å². The first-order chi connectivity index (χ1) is 8.33. The summed E-state index contributed by atoms with van der Waals surface area (Å²) in [6.45, 7) is 0. The lowest BCUT2D eigenvalue weighted by Crippen LogP contribution is -2.21. The summed E-state index contributed by atoms with van der Waals surface area (Å²) in [5.41, 5.74) is 1.72. The molecule has 1 radical (unpaired) electrons. The summed E-state index contributed by atoms with van der Waals surface area (Å²) >= 11 is 0. The maximum Gasteiger partial charge on any atom is 0.149 e. The Morgan fingerprint density at radius 2 is 1.29 bits per heavy atom. The first kappa shape index (κ1) is 11.6. The highest BCUT2D eigenvalue weighted by atomic mass is 16.3. The van der Waals surface area contributed by atoms with Crippen LogP contribution >= 0.6 is 0 Å². The number of aliphatic hydroxyl groups is 1. The van der Waals surface area contributed by atoms with Gasteiger partial charge in [0.25, 0.3) is 0 Å². The average molecular weight is 225 g/mol. The lowest BCUT2D eigenvalue weighted by atomic mass is 9.87. The zero-order valence-corrected chi connectivity index (χ0v) is 9.28. The minimum atomic E-state index is -1.10. The molecule has 2 nitrogen and oxygen atoms in total. The van der Waals surface area contributed by atoms with E-state index in [1.54, 1.807) is 0 Å². The third kappa shape index (κ3) is 2.60. The van der Waals surface area contributed by atoms with E-state index in [0.29, 0.717) is 12.2 Å². The monoisotopic (exact) mass is 225 g/mol. The van der Waals surface area contributed by atoms with Crippen LogP contribution in [0.2, 0.25) is 0 Å². The van der Waals surface area contributed by atoms with Gasteiger partial charge in [-0.3, -0.25) is 0 Å². The molecule has 17 heavy (non-hydrogen) atoms. The van der Waals surface area contributed by atoms with Gasteiger partial charge in [-0.2, -0.15) is 0 Å². The predicted octanol–water partition coefficient (Wildman–Crippen LogP) is 2.22. The van der Waals surface area contributed by atoms with Crippen molar-refractivity contribution in [3.8, 4) is 0 Å². The van der Waals surface area contributed by atoms with Gasteiger partial charge in [-0.25, -0.2) is 0 Å². The number of carbonyl (C=O) groups excluding carboxylic acids is 1. The van der Waals surface area contributed by atoms with Gasteiger partial charge in [0.2, 0.25) is 0 Å². The molecule has 0 aromatic heterocycles. The van der Waals surface area contributed by atoms with Crippen molar-refractivity contribution in [2.45, 2.75) is 6.10 Å². The van der Waals surface area contributed by atoms with Crippen LogP contribution in [0.3, 0.4) is 0 Å². The molecule has 2 aromatic carbocycles. The van der Waals surface area contributed by atoms with Gasteiger partial charge in [0.1, 0.15) is 12.4 Å². The van der Waals surface area contributed by atoms with Gasteiger partial charge < -0.3 is 9.90 Å². The van der Waals surface area contributed by atoms with Crippen molar-refractivity contribution in [1.82, 2.24) is 0 Å². The molecule has 1 unspecified atom stereocenters. The fourth-order valence-corrected chi connectivity index (χ4v) is 1.81. The van der Waals surface area contributed by atoms with Crippen molar-refractivity contribution >= 4 is 6.29 Å². The predicted molar refractivity (Wildman–Crippen MR) is 66.4 cm³/mol. The van der Waals surface area contributed by atoms with Crippen molar-refractivity contribution in [1.29, 1.82) is 0 Å². The zero-order chi connectivity index (χ0) is 12.1. The molecule has 0 bridgehead atoms. The zero-order valence-electron chi connectivity index (χ0n) is 9.28. The quantitative estimate of drug-likeness (QED) is 0.810. The molecule has 0 saturated carbocycles. The Labute approximate surface area is 101 Å². The Kier molecular flexibility index (Phi) is 3.68. The molecule has 2 aromatic rings. The fourth-order valence-electron chi connectivity index (χ4n) is 1.81. The van der Waals surface area contributed by atoms with Crippen molar-refractivity contribution in [3.63, 3.8) is 0 Å². The molecule has 1 N–H and O–H groups in total. The highest BCUT2D eigenvalue weighted by Gasteiger charge is 2.23. The summed E-state index contributed by atoms with van der Waals surface area (Å²) in [5, 5.41) is 9.82. The molecule has 0 fully saturated rings. The molecular formula is C15H13O2. The van der Waals surface area contributed by atoms with Crippen LogP contribution in [-0.2, 0) is 4.79 Å². The smallest absolute Gasteiger partial charge is 0.149 e. The lowest BCUT2D eigenvalue weighted by Gasteiger charge is -2.18. The van der Waals surface area contributed by atoms with E-state index >= 15 is 0 Å². The van der Waals surface area contributed by atoms with E-state index in [9.17, 15) is 9.90 Å². The third-order valence-electron chi connectivity index (χ3n) is 2.59. The summed E-state index contributed by atoms with van der Waals surface area (Å²) in [7, 11) is 0. The third-order valence-corrected chi connectivity index (χ3v) is 2.59. The van der Waals surface area contributed by atoms with E-state index in [2.05, 4.69) is 0 Å². The molecular weight excluding hydrogens is 212 g/mol. The number of benzene rings is 2. The second-order valence-electron chi connectivity index (χ2n) is 3.73. The van der Waals surface area contributed by atoms with Gasteiger partial charge in [0.05, 0.1) is 5.92 Å². The summed E-state index contributed by atoms with van der Waals surface area (Å²) in [6.07, 6.45) is -0.546.